The molecule has 0 aliphatic carbocycles. The number of nitrogens with one attached hydrogen (secondary N) is 2. The van der Waals surface area contributed by atoms with Gasteiger partial charge < -0.3 is 15.5 Å². The van der Waals surface area contributed by atoms with E-state index in [1.807, 2.05) is 0 Å². The number of hydrogen-bond donors (Lipinski definition) is 2. The fraction of sp³-hybridized carbons (Fsp3) is 0.900. The molecule has 82 valence electrons. The van der Waals surface area contributed by atoms with Gasteiger partial charge in [0.15, 0.2) is 0 Å². The Morgan fingerprint density at radius 3 is 2.93 bits per heavy atom. The fourth-order valence-corrected chi connectivity index (χ4v) is 1.63. The Labute approximate surface area is 86.0 Å². The van der Waals surface area contributed by atoms with Crippen molar-refractivity contribution in [2.24, 2.45) is 0 Å². The van der Waals surface area contributed by atoms with E-state index >= 15 is 0 Å². The quantitative estimate of drug-likeness (QED) is 0.583. The second-order valence-electron chi connectivity index (χ2n) is 4.16. The second kappa shape index (κ2) is 5.98. The summed E-state index contributed by atoms with van der Waals surface area (Å²) in [4.78, 5) is 13.1. The lowest BCUT2D eigenvalue weighted by Crippen LogP contribution is -2.36. The maximum atomic E-state index is 10.9. The zero-order chi connectivity index (χ0) is 10.4. The van der Waals surface area contributed by atoms with Crippen LogP contribution in [0.1, 0.15) is 19.3 Å². The van der Waals surface area contributed by atoms with Crippen LogP contribution in [0.25, 0.3) is 0 Å². The number of hydrogen-bond acceptors (Lipinski definition) is 3. The number of rotatable bonds is 6. The normalized spacial score (nSPS) is 21.6. The SMILES string of the molecule is CN(C)CCCNCC1CCC(=O)N1. The number of amides is 1. The van der Waals surface area contributed by atoms with Gasteiger partial charge in [-0.2, -0.15) is 0 Å². The van der Waals surface area contributed by atoms with Gasteiger partial charge in [-0.15, -0.1) is 0 Å². The Hall–Kier alpha value is -0.610. The predicted molar refractivity (Wildman–Crippen MR) is 57.2 cm³/mol. The van der Waals surface area contributed by atoms with E-state index in [1.165, 1.54) is 0 Å². The van der Waals surface area contributed by atoms with E-state index in [9.17, 15) is 4.79 Å². The Morgan fingerprint density at radius 2 is 2.36 bits per heavy atom. The van der Waals surface area contributed by atoms with E-state index in [-0.39, 0.29) is 5.91 Å². The summed E-state index contributed by atoms with van der Waals surface area (Å²) in [6.45, 7) is 3.06. The molecule has 0 spiro atoms. The Balaban J connectivity index is 1.91. The van der Waals surface area contributed by atoms with Crippen LogP contribution in [0.4, 0.5) is 0 Å². The fourth-order valence-electron chi connectivity index (χ4n) is 1.63. The summed E-state index contributed by atoms with van der Waals surface area (Å²) in [7, 11) is 4.16. The van der Waals surface area contributed by atoms with Gasteiger partial charge in [0, 0.05) is 19.0 Å². The summed E-state index contributed by atoms with van der Waals surface area (Å²) in [6.07, 6.45) is 2.84. The Kier molecular flexibility index (Phi) is 4.90. The van der Waals surface area contributed by atoms with Crippen molar-refractivity contribution >= 4 is 5.91 Å². The molecule has 0 saturated carbocycles. The summed E-state index contributed by atoms with van der Waals surface area (Å²) in [5.41, 5.74) is 0. The van der Waals surface area contributed by atoms with Gasteiger partial charge in [0.05, 0.1) is 0 Å². The molecule has 1 atom stereocenters. The van der Waals surface area contributed by atoms with Crippen LogP contribution >= 0.6 is 0 Å². The van der Waals surface area contributed by atoms with Gasteiger partial charge in [-0.05, 0) is 40.0 Å². The number of carbonyl (C=O) groups excluding carboxylic acids is 1. The molecule has 0 aromatic rings. The van der Waals surface area contributed by atoms with Crippen LogP contribution in [-0.4, -0.2) is 50.6 Å². The second-order valence-corrected chi connectivity index (χ2v) is 4.16. The molecule has 1 fully saturated rings. The maximum absolute atomic E-state index is 10.9. The first kappa shape index (κ1) is 11.5. The minimum Gasteiger partial charge on any atom is -0.352 e. The van der Waals surface area contributed by atoms with Crippen LogP contribution in [-0.2, 0) is 4.79 Å². The third kappa shape index (κ3) is 4.58. The van der Waals surface area contributed by atoms with Crippen LogP contribution < -0.4 is 10.6 Å². The van der Waals surface area contributed by atoms with Gasteiger partial charge in [-0.1, -0.05) is 0 Å². The molecule has 0 bridgehead atoms. The molecule has 0 aromatic carbocycles. The molecule has 1 amide bonds. The molecule has 14 heavy (non-hydrogen) atoms. The van der Waals surface area contributed by atoms with E-state index in [1.54, 1.807) is 0 Å². The third-order valence-corrected chi connectivity index (χ3v) is 2.43. The van der Waals surface area contributed by atoms with Crippen molar-refractivity contribution in [1.29, 1.82) is 0 Å². The van der Waals surface area contributed by atoms with Crippen molar-refractivity contribution in [2.75, 3.05) is 33.7 Å². The van der Waals surface area contributed by atoms with Crippen LogP contribution in [0.2, 0.25) is 0 Å². The van der Waals surface area contributed by atoms with E-state index in [4.69, 9.17) is 0 Å². The average Bonchev–Trinajstić information content (AvgIpc) is 2.50. The zero-order valence-corrected chi connectivity index (χ0v) is 9.18. The van der Waals surface area contributed by atoms with E-state index in [2.05, 4.69) is 29.6 Å². The summed E-state index contributed by atoms with van der Waals surface area (Å²) >= 11 is 0. The lowest BCUT2D eigenvalue weighted by molar-refractivity contribution is -0.119. The van der Waals surface area contributed by atoms with Gasteiger partial charge in [0.25, 0.3) is 0 Å². The minimum atomic E-state index is 0.199. The smallest absolute Gasteiger partial charge is 0.220 e. The van der Waals surface area contributed by atoms with Crippen molar-refractivity contribution < 1.29 is 4.79 Å². The summed E-state index contributed by atoms with van der Waals surface area (Å²) in [6, 6.07) is 0.363. The molecule has 0 aromatic heterocycles. The number of nitrogens with zero attached hydrogens (tertiary/aromatic N) is 1. The van der Waals surface area contributed by atoms with Crippen LogP contribution in [0.3, 0.4) is 0 Å². The highest BCUT2D eigenvalue weighted by Gasteiger charge is 2.19. The highest BCUT2D eigenvalue weighted by molar-refractivity contribution is 5.78. The Morgan fingerprint density at radius 1 is 1.57 bits per heavy atom. The zero-order valence-electron chi connectivity index (χ0n) is 9.18. The lowest BCUT2D eigenvalue weighted by atomic mass is 10.2. The van der Waals surface area contributed by atoms with Crippen LogP contribution in [0.5, 0.6) is 0 Å². The van der Waals surface area contributed by atoms with Crippen molar-refractivity contribution in [3.8, 4) is 0 Å². The predicted octanol–water partition coefficient (Wildman–Crippen LogP) is -0.194. The van der Waals surface area contributed by atoms with E-state index in [0.29, 0.717) is 12.5 Å². The molecule has 1 saturated heterocycles. The molecule has 4 heteroatoms. The molecule has 1 aliphatic rings. The van der Waals surface area contributed by atoms with E-state index in [0.717, 1.165) is 32.5 Å². The molecule has 1 unspecified atom stereocenters. The monoisotopic (exact) mass is 199 g/mol. The molecule has 1 aliphatic heterocycles. The molecule has 1 heterocycles. The molecule has 0 radical (unpaired) electrons. The van der Waals surface area contributed by atoms with Gasteiger partial charge in [-0.3, -0.25) is 4.79 Å². The van der Waals surface area contributed by atoms with Crippen molar-refractivity contribution in [2.45, 2.75) is 25.3 Å². The average molecular weight is 199 g/mol. The molecular formula is C10H21N3O. The first-order valence-electron chi connectivity index (χ1n) is 5.33. The van der Waals surface area contributed by atoms with Gasteiger partial charge in [0.2, 0.25) is 5.91 Å². The van der Waals surface area contributed by atoms with Gasteiger partial charge in [-0.25, -0.2) is 0 Å². The maximum Gasteiger partial charge on any atom is 0.220 e. The summed E-state index contributed by atoms with van der Waals surface area (Å²) in [5, 5.41) is 6.30. The first-order chi connectivity index (χ1) is 6.68. The van der Waals surface area contributed by atoms with Crippen LogP contribution in [0.15, 0.2) is 0 Å². The highest BCUT2D eigenvalue weighted by atomic mass is 16.1. The largest absolute Gasteiger partial charge is 0.352 e. The first-order valence-corrected chi connectivity index (χ1v) is 5.33. The topological polar surface area (TPSA) is 44.4 Å². The van der Waals surface area contributed by atoms with Crippen molar-refractivity contribution in [3.05, 3.63) is 0 Å². The standard InChI is InChI=1S/C10H21N3O/c1-13(2)7-3-6-11-8-9-4-5-10(14)12-9/h9,11H,3-8H2,1-2H3,(H,12,14). The Bertz CT molecular complexity index is 182. The van der Waals surface area contributed by atoms with Gasteiger partial charge >= 0.3 is 0 Å². The van der Waals surface area contributed by atoms with Crippen molar-refractivity contribution in [3.63, 3.8) is 0 Å². The van der Waals surface area contributed by atoms with Crippen LogP contribution in [0, 0.1) is 0 Å². The summed E-state index contributed by atoms with van der Waals surface area (Å²) < 4.78 is 0. The number of carbonyl (C=O) groups is 1. The summed E-state index contributed by atoms with van der Waals surface area (Å²) in [5.74, 6) is 0.199. The minimum absolute atomic E-state index is 0.199. The molecule has 2 N–H and O–H groups in total. The van der Waals surface area contributed by atoms with Crippen molar-refractivity contribution in [1.82, 2.24) is 15.5 Å². The lowest BCUT2D eigenvalue weighted by Gasteiger charge is -2.12. The molecule has 4 nitrogen and oxygen atoms in total. The third-order valence-electron chi connectivity index (χ3n) is 2.43. The highest BCUT2D eigenvalue weighted by Crippen LogP contribution is 2.04. The van der Waals surface area contributed by atoms with E-state index < -0.39 is 0 Å². The molecule has 1 rings (SSSR count). The van der Waals surface area contributed by atoms with Gasteiger partial charge in [0.1, 0.15) is 0 Å². The molecular weight excluding hydrogens is 178 g/mol.